The molecule has 1 aromatic carbocycles. The Balaban J connectivity index is 1.81. The van der Waals surface area contributed by atoms with Crippen molar-refractivity contribution < 1.29 is 9.21 Å². The van der Waals surface area contributed by atoms with Crippen LogP contribution in [0, 0.1) is 13.8 Å². The third-order valence-corrected chi connectivity index (χ3v) is 3.09. The quantitative estimate of drug-likeness (QED) is 0.638. The van der Waals surface area contributed by atoms with Crippen LogP contribution in [-0.2, 0) is 6.54 Å². The first-order chi connectivity index (χ1) is 9.16. The topological polar surface area (TPSA) is 42.2 Å². The number of nitrogens with one attached hydrogen (secondary N) is 1. The molecule has 19 heavy (non-hydrogen) atoms. The van der Waals surface area contributed by atoms with E-state index in [1.165, 1.54) is 5.56 Å². The van der Waals surface area contributed by atoms with Gasteiger partial charge in [-0.25, -0.2) is 0 Å². The van der Waals surface area contributed by atoms with E-state index >= 15 is 0 Å². The largest absolute Gasteiger partial charge is 0.468 e. The van der Waals surface area contributed by atoms with E-state index in [0.717, 1.165) is 16.9 Å². The summed E-state index contributed by atoms with van der Waals surface area (Å²) in [6, 6.07) is 9.72. The summed E-state index contributed by atoms with van der Waals surface area (Å²) in [5.74, 6) is 1.07. The van der Waals surface area contributed by atoms with Crippen LogP contribution < -0.4 is 5.32 Å². The molecule has 0 atom stereocenters. The van der Waals surface area contributed by atoms with Gasteiger partial charge in [0.15, 0.2) is 5.78 Å². The highest BCUT2D eigenvalue weighted by Crippen LogP contribution is 2.12. The minimum Gasteiger partial charge on any atom is -0.468 e. The smallest absolute Gasteiger partial charge is 0.164 e. The Labute approximate surface area is 113 Å². The number of aryl methyl sites for hydroxylation is 2. The number of Topliss-reactive ketones (excluding diaryl/α,β-unsaturated/α-hetero) is 1. The average Bonchev–Trinajstić information content (AvgIpc) is 2.87. The van der Waals surface area contributed by atoms with Gasteiger partial charge in [0.2, 0.25) is 0 Å². The Hall–Kier alpha value is -1.87. The molecule has 2 rings (SSSR count). The fourth-order valence-electron chi connectivity index (χ4n) is 2.09. The molecule has 100 valence electrons. The molecule has 0 radical (unpaired) electrons. The first kappa shape index (κ1) is 13.6. The Morgan fingerprint density at radius 2 is 2.11 bits per heavy atom. The third-order valence-electron chi connectivity index (χ3n) is 3.09. The molecule has 1 N–H and O–H groups in total. The number of rotatable bonds is 6. The highest BCUT2D eigenvalue weighted by molar-refractivity contribution is 5.97. The van der Waals surface area contributed by atoms with Gasteiger partial charge < -0.3 is 9.73 Å². The van der Waals surface area contributed by atoms with E-state index in [0.29, 0.717) is 19.5 Å². The highest BCUT2D eigenvalue weighted by atomic mass is 16.3. The van der Waals surface area contributed by atoms with E-state index in [1.54, 1.807) is 6.26 Å². The lowest BCUT2D eigenvalue weighted by molar-refractivity contribution is 0.0981. The number of hydrogen-bond donors (Lipinski definition) is 1. The summed E-state index contributed by atoms with van der Waals surface area (Å²) in [6.07, 6.45) is 2.16. The molecule has 0 fully saturated rings. The molecule has 0 bridgehead atoms. The van der Waals surface area contributed by atoms with Crippen LogP contribution in [0.25, 0.3) is 0 Å². The lowest BCUT2D eigenvalue weighted by atomic mass is 10.0. The summed E-state index contributed by atoms with van der Waals surface area (Å²) < 4.78 is 5.21. The van der Waals surface area contributed by atoms with Crippen molar-refractivity contribution in [1.82, 2.24) is 5.32 Å². The highest BCUT2D eigenvalue weighted by Gasteiger charge is 2.08. The summed E-state index contributed by atoms with van der Waals surface area (Å²) in [5.41, 5.74) is 3.06. The van der Waals surface area contributed by atoms with Gasteiger partial charge in [0.1, 0.15) is 5.76 Å². The Kier molecular flexibility index (Phi) is 4.53. The van der Waals surface area contributed by atoms with Crippen LogP contribution in [0.2, 0.25) is 0 Å². The van der Waals surface area contributed by atoms with E-state index in [1.807, 2.05) is 44.2 Å². The average molecular weight is 257 g/mol. The molecule has 0 saturated carbocycles. The molecule has 0 saturated heterocycles. The van der Waals surface area contributed by atoms with Crippen LogP contribution in [0.15, 0.2) is 41.0 Å². The molecule has 1 aromatic heterocycles. The fraction of sp³-hybridized carbons (Fsp3) is 0.312. The normalized spacial score (nSPS) is 10.6. The Morgan fingerprint density at radius 1 is 1.26 bits per heavy atom. The van der Waals surface area contributed by atoms with Crippen molar-refractivity contribution in [3.63, 3.8) is 0 Å². The number of carbonyl (C=O) groups is 1. The first-order valence-electron chi connectivity index (χ1n) is 6.50. The Bertz CT molecular complexity index is 544. The third kappa shape index (κ3) is 3.80. The number of ketones is 1. The lowest BCUT2D eigenvalue weighted by Crippen LogP contribution is -2.18. The summed E-state index contributed by atoms with van der Waals surface area (Å²) >= 11 is 0. The number of benzene rings is 1. The van der Waals surface area contributed by atoms with E-state index in [4.69, 9.17) is 4.42 Å². The SMILES string of the molecule is Cc1ccc(C(=O)CCNCc2ccco2)c(C)c1. The molecule has 0 aliphatic heterocycles. The van der Waals surface area contributed by atoms with Gasteiger partial charge in [-0.2, -0.15) is 0 Å². The monoisotopic (exact) mass is 257 g/mol. The second-order valence-electron chi connectivity index (χ2n) is 4.75. The van der Waals surface area contributed by atoms with Gasteiger partial charge in [0.05, 0.1) is 12.8 Å². The molecule has 0 spiro atoms. The van der Waals surface area contributed by atoms with Crippen LogP contribution in [0.5, 0.6) is 0 Å². The van der Waals surface area contributed by atoms with Crippen molar-refractivity contribution in [2.45, 2.75) is 26.8 Å². The number of furan rings is 1. The van der Waals surface area contributed by atoms with Gasteiger partial charge in [-0.1, -0.05) is 23.8 Å². The van der Waals surface area contributed by atoms with Crippen molar-refractivity contribution in [3.8, 4) is 0 Å². The summed E-state index contributed by atoms with van der Waals surface area (Å²) in [6.45, 7) is 5.34. The second-order valence-corrected chi connectivity index (χ2v) is 4.75. The van der Waals surface area contributed by atoms with Crippen molar-refractivity contribution in [2.75, 3.05) is 6.54 Å². The van der Waals surface area contributed by atoms with Gasteiger partial charge in [-0.05, 0) is 31.5 Å². The maximum atomic E-state index is 12.1. The lowest BCUT2D eigenvalue weighted by Gasteiger charge is -2.06. The second kappa shape index (κ2) is 6.34. The minimum atomic E-state index is 0.185. The molecule has 3 heteroatoms. The molecule has 2 aromatic rings. The number of hydrogen-bond acceptors (Lipinski definition) is 3. The fourth-order valence-corrected chi connectivity index (χ4v) is 2.09. The molecule has 1 heterocycles. The van der Waals surface area contributed by atoms with Crippen molar-refractivity contribution >= 4 is 5.78 Å². The van der Waals surface area contributed by atoms with Gasteiger partial charge >= 0.3 is 0 Å². The van der Waals surface area contributed by atoms with Gasteiger partial charge in [0.25, 0.3) is 0 Å². The van der Waals surface area contributed by atoms with Crippen LogP contribution in [0.1, 0.15) is 33.7 Å². The summed E-state index contributed by atoms with van der Waals surface area (Å²) in [7, 11) is 0. The van der Waals surface area contributed by atoms with Crippen LogP contribution in [-0.4, -0.2) is 12.3 Å². The summed E-state index contributed by atoms with van der Waals surface area (Å²) in [5, 5.41) is 3.20. The van der Waals surface area contributed by atoms with E-state index in [-0.39, 0.29) is 5.78 Å². The molecule has 0 aliphatic rings. The van der Waals surface area contributed by atoms with E-state index < -0.39 is 0 Å². The Morgan fingerprint density at radius 3 is 2.79 bits per heavy atom. The van der Waals surface area contributed by atoms with E-state index in [2.05, 4.69) is 5.32 Å². The predicted molar refractivity (Wildman–Crippen MR) is 75.3 cm³/mol. The van der Waals surface area contributed by atoms with Crippen molar-refractivity contribution in [3.05, 3.63) is 59.0 Å². The van der Waals surface area contributed by atoms with Crippen molar-refractivity contribution in [1.29, 1.82) is 0 Å². The van der Waals surface area contributed by atoms with Crippen LogP contribution in [0.3, 0.4) is 0 Å². The first-order valence-corrected chi connectivity index (χ1v) is 6.50. The molecule has 3 nitrogen and oxygen atoms in total. The maximum absolute atomic E-state index is 12.1. The minimum absolute atomic E-state index is 0.185. The van der Waals surface area contributed by atoms with Gasteiger partial charge in [-0.3, -0.25) is 4.79 Å². The molecule has 0 amide bonds. The number of carbonyl (C=O) groups excluding carboxylic acids is 1. The van der Waals surface area contributed by atoms with Crippen LogP contribution in [0.4, 0.5) is 0 Å². The van der Waals surface area contributed by atoms with Gasteiger partial charge in [0, 0.05) is 18.5 Å². The van der Waals surface area contributed by atoms with Crippen LogP contribution >= 0.6 is 0 Å². The zero-order chi connectivity index (χ0) is 13.7. The van der Waals surface area contributed by atoms with Crippen molar-refractivity contribution in [2.24, 2.45) is 0 Å². The van der Waals surface area contributed by atoms with Gasteiger partial charge in [-0.15, -0.1) is 0 Å². The zero-order valence-corrected chi connectivity index (χ0v) is 11.4. The predicted octanol–water partition coefficient (Wildman–Crippen LogP) is 3.26. The zero-order valence-electron chi connectivity index (χ0n) is 11.4. The molecule has 0 aliphatic carbocycles. The maximum Gasteiger partial charge on any atom is 0.164 e. The molecular formula is C16H19NO2. The molecule has 0 unspecified atom stereocenters. The molecular weight excluding hydrogens is 238 g/mol. The standard InChI is InChI=1S/C16H19NO2/c1-12-5-6-15(13(2)10-12)16(18)7-8-17-11-14-4-3-9-19-14/h3-6,9-10,17H,7-8,11H2,1-2H3. The summed E-state index contributed by atoms with van der Waals surface area (Å²) in [4.78, 5) is 12.1. The van der Waals surface area contributed by atoms with E-state index in [9.17, 15) is 4.79 Å².